The maximum Gasteiger partial charge on any atom is 0.148 e. The minimum Gasteiger partial charge on any atom is -0.313 e. The van der Waals surface area contributed by atoms with E-state index in [1.807, 2.05) is 0 Å². The molecule has 0 bridgehead atoms. The molecule has 1 N–H and O–H groups in total. The molecular formula is C5H11NO2S. The largest absolute Gasteiger partial charge is 0.313 e. The Balaban J connectivity index is 2.33. The third-order valence-electron chi connectivity index (χ3n) is 1.43. The third-order valence-corrected chi connectivity index (χ3v) is 2.44. The molecule has 0 saturated carbocycles. The molecule has 0 radical (unpaired) electrons. The van der Waals surface area contributed by atoms with Gasteiger partial charge in [0.15, 0.2) is 0 Å². The fourth-order valence-corrected chi connectivity index (χ4v) is 1.87. The van der Waals surface area contributed by atoms with Gasteiger partial charge < -0.3 is 5.32 Å². The van der Waals surface area contributed by atoms with Crippen molar-refractivity contribution >= 4 is 9.84 Å². The second-order valence-electron chi connectivity index (χ2n) is 2.53. The van der Waals surface area contributed by atoms with Crippen molar-refractivity contribution in [3.8, 4) is 0 Å². The first-order valence-electron chi connectivity index (χ1n) is 2.99. The maximum absolute atomic E-state index is 10.6. The SMILES string of the molecule is CS(=O)(=O)C[C@H]1CCN1. The summed E-state index contributed by atoms with van der Waals surface area (Å²) in [6.45, 7) is 0.972. The van der Waals surface area contributed by atoms with Gasteiger partial charge in [0.2, 0.25) is 0 Å². The van der Waals surface area contributed by atoms with Crippen LogP contribution in [0.25, 0.3) is 0 Å². The van der Waals surface area contributed by atoms with Crippen molar-refractivity contribution < 1.29 is 8.42 Å². The van der Waals surface area contributed by atoms with Crippen molar-refractivity contribution in [2.75, 3.05) is 18.6 Å². The van der Waals surface area contributed by atoms with Crippen molar-refractivity contribution in [3.05, 3.63) is 0 Å². The van der Waals surface area contributed by atoms with E-state index in [0.29, 0.717) is 5.75 Å². The molecule has 9 heavy (non-hydrogen) atoms. The summed E-state index contributed by atoms with van der Waals surface area (Å²) in [5, 5.41) is 3.02. The second kappa shape index (κ2) is 2.27. The zero-order valence-corrected chi connectivity index (χ0v) is 6.24. The smallest absolute Gasteiger partial charge is 0.148 e. The fourth-order valence-electron chi connectivity index (χ4n) is 0.856. The monoisotopic (exact) mass is 149 g/mol. The molecule has 1 atom stereocenters. The molecular weight excluding hydrogens is 138 g/mol. The Morgan fingerprint density at radius 1 is 1.67 bits per heavy atom. The van der Waals surface area contributed by atoms with Gasteiger partial charge in [0.1, 0.15) is 9.84 Å². The van der Waals surface area contributed by atoms with Crippen LogP contribution >= 0.6 is 0 Å². The Bertz CT molecular complexity index is 181. The van der Waals surface area contributed by atoms with Crippen LogP contribution in [0.4, 0.5) is 0 Å². The van der Waals surface area contributed by atoms with Gasteiger partial charge >= 0.3 is 0 Å². The summed E-state index contributed by atoms with van der Waals surface area (Å²) in [5.41, 5.74) is 0. The van der Waals surface area contributed by atoms with Crippen LogP contribution < -0.4 is 5.32 Å². The molecule has 1 rings (SSSR count). The van der Waals surface area contributed by atoms with E-state index in [1.165, 1.54) is 6.26 Å². The van der Waals surface area contributed by atoms with E-state index in [2.05, 4.69) is 5.32 Å². The number of hydrogen-bond acceptors (Lipinski definition) is 3. The van der Waals surface area contributed by atoms with E-state index in [1.54, 1.807) is 0 Å². The Morgan fingerprint density at radius 2 is 2.22 bits per heavy atom. The quantitative estimate of drug-likeness (QED) is 0.570. The molecule has 0 spiro atoms. The zero-order valence-electron chi connectivity index (χ0n) is 5.42. The van der Waals surface area contributed by atoms with Gasteiger partial charge in [0, 0.05) is 12.3 Å². The second-order valence-corrected chi connectivity index (χ2v) is 4.72. The molecule has 0 amide bonds. The third kappa shape index (κ3) is 2.32. The summed E-state index contributed by atoms with van der Waals surface area (Å²) < 4.78 is 21.2. The van der Waals surface area contributed by atoms with E-state index in [0.717, 1.165) is 13.0 Å². The predicted octanol–water partition coefficient (Wildman–Crippen LogP) is -0.607. The Kier molecular flexibility index (Phi) is 1.77. The van der Waals surface area contributed by atoms with Crippen LogP contribution in [-0.4, -0.2) is 33.0 Å². The highest BCUT2D eigenvalue weighted by molar-refractivity contribution is 7.90. The first kappa shape index (κ1) is 7.02. The highest BCUT2D eigenvalue weighted by Gasteiger charge is 2.20. The first-order valence-corrected chi connectivity index (χ1v) is 5.05. The van der Waals surface area contributed by atoms with Gasteiger partial charge in [-0.15, -0.1) is 0 Å². The number of sulfone groups is 1. The molecule has 54 valence electrons. The van der Waals surface area contributed by atoms with Crippen molar-refractivity contribution in [2.24, 2.45) is 0 Å². The topological polar surface area (TPSA) is 46.2 Å². The van der Waals surface area contributed by atoms with Crippen LogP contribution in [0.5, 0.6) is 0 Å². The summed E-state index contributed by atoms with van der Waals surface area (Å²) in [6.07, 6.45) is 2.28. The lowest BCUT2D eigenvalue weighted by molar-refractivity contribution is 0.399. The average Bonchev–Trinajstić information content (AvgIpc) is 1.53. The Labute approximate surface area is 55.4 Å². The van der Waals surface area contributed by atoms with E-state index in [-0.39, 0.29) is 6.04 Å². The molecule has 0 aromatic carbocycles. The molecule has 1 fully saturated rings. The lowest BCUT2D eigenvalue weighted by Crippen LogP contribution is -2.47. The Hall–Kier alpha value is -0.0900. The van der Waals surface area contributed by atoms with Crippen LogP contribution in [-0.2, 0) is 9.84 Å². The highest BCUT2D eigenvalue weighted by Crippen LogP contribution is 2.03. The summed E-state index contributed by atoms with van der Waals surface area (Å²) in [6, 6.07) is 0.236. The van der Waals surface area contributed by atoms with E-state index < -0.39 is 9.84 Å². The van der Waals surface area contributed by atoms with E-state index >= 15 is 0 Å². The fraction of sp³-hybridized carbons (Fsp3) is 1.00. The first-order chi connectivity index (χ1) is 4.08. The van der Waals surface area contributed by atoms with Gasteiger partial charge in [0.25, 0.3) is 0 Å². The number of hydrogen-bond donors (Lipinski definition) is 1. The van der Waals surface area contributed by atoms with Gasteiger partial charge in [-0.1, -0.05) is 0 Å². The van der Waals surface area contributed by atoms with Crippen molar-refractivity contribution in [1.82, 2.24) is 5.32 Å². The lowest BCUT2D eigenvalue weighted by Gasteiger charge is -2.26. The maximum atomic E-state index is 10.6. The Morgan fingerprint density at radius 3 is 2.33 bits per heavy atom. The summed E-state index contributed by atoms with van der Waals surface area (Å²) in [7, 11) is -2.75. The molecule has 0 aliphatic carbocycles. The normalized spacial score (nSPS) is 27.4. The average molecular weight is 149 g/mol. The van der Waals surface area contributed by atoms with Gasteiger partial charge in [-0.25, -0.2) is 8.42 Å². The van der Waals surface area contributed by atoms with Gasteiger partial charge in [0.05, 0.1) is 5.75 Å². The molecule has 1 aliphatic heterocycles. The van der Waals surface area contributed by atoms with Crippen LogP contribution in [0.2, 0.25) is 0 Å². The van der Waals surface area contributed by atoms with E-state index in [9.17, 15) is 8.42 Å². The molecule has 1 heterocycles. The van der Waals surface area contributed by atoms with Gasteiger partial charge in [-0.2, -0.15) is 0 Å². The number of rotatable bonds is 2. The predicted molar refractivity (Wildman–Crippen MR) is 36.1 cm³/mol. The molecule has 1 aliphatic rings. The summed E-state index contributed by atoms with van der Waals surface area (Å²) >= 11 is 0. The van der Waals surface area contributed by atoms with Crippen LogP contribution in [0.3, 0.4) is 0 Å². The molecule has 0 aromatic heterocycles. The molecule has 1 saturated heterocycles. The highest BCUT2D eigenvalue weighted by atomic mass is 32.2. The lowest BCUT2D eigenvalue weighted by atomic mass is 10.1. The minimum atomic E-state index is -2.75. The molecule has 3 nitrogen and oxygen atoms in total. The van der Waals surface area contributed by atoms with Crippen LogP contribution in [0.15, 0.2) is 0 Å². The zero-order chi connectivity index (χ0) is 6.91. The van der Waals surface area contributed by atoms with Crippen molar-refractivity contribution in [3.63, 3.8) is 0 Å². The van der Waals surface area contributed by atoms with Crippen LogP contribution in [0.1, 0.15) is 6.42 Å². The van der Waals surface area contributed by atoms with E-state index in [4.69, 9.17) is 0 Å². The molecule has 0 unspecified atom stereocenters. The van der Waals surface area contributed by atoms with Gasteiger partial charge in [-0.3, -0.25) is 0 Å². The molecule has 4 heteroatoms. The standard InChI is InChI=1S/C5H11NO2S/c1-9(7,8)4-5-2-3-6-5/h5-6H,2-4H2,1H3/t5-/m1/s1. The van der Waals surface area contributed by atoms with Crippen LogP contribution in [0, 0.1) is 0 Å². The van der Waals surface area contributed by atoms with Crippen molar-refractivity contribution in [2.45, 2.75) is 12.5 Å². The van der Waals surface area contributed by atoms with Gasteiger partial charge in [-0.05, 0) is 13.0 Å². The minimum absolute atomic E-state index is 0.236. The van der Waals surface area contributed by atoms with Crippen molar-refractivity contribution in [1.29, 1.82) is 0 Å². The number of nitrogens with one attached hydrogen (secondary N) is 1. The summed E-state index contributed by atoms with van der Waals surface area (Å²) in [5.74, 6) is 0.299. The summed E-state index contributed by atoms with van der Waals surface area (Å²) in [4.78, 5) is 0. The molecule has 0 aromatic rings.